The molecule has 0 aromatic heterocycles. The molecule has 2 aromatic carbocycles. The lowest BCUT2D eigenvalue weighted by Crippen LogP contribution is -2.35. The van der Waals surface area contributed by atoms with Crippen molar-refractivity contribution in [1.82, 2.24) is 9.80 Å². The van der Waals surface area contributed by atoms with Crippen molar-refractivity contribution in [2.24, 2.45) is 0 Å². The number of aliphatic hydroxyl groups is 1. The number of amides is 1. The summed E-state index contributed by atoms with van der Waals surface area (Å²) in [7, 11) is 3.70. The number of carbonyl (C=O) groups is 2. The van der Waals surface area contributed by atoms with Gasteiger partial charge in [-0.3, -0.25) is 19.7 Å². The van der Waals surface area contributed by atoms with Crippen LogP contribution in [0.15, 0.2) is 48.0 Å². The highest BCUT2D eigenvalue weighted by Crippen LogP contribution is 2.40. The zero-order chi connectivity index (χ0) is 23.9. The Morgan fingerprint density at radius 2 is 1.91 bits per heavy atom. The number of Topliss-reactive ketones (excluding diaryl/α,β-unsaturated/α-hetero) is 1. The van der Waals surface area contributed by atoms with Gasteiger partial charge in [0.15, 0.2) is 0 Å². The van der Waals surface area contributed by atoms with Crippen molar-refractivity contribution in [3.63, 3.8) is 0 Å². The van der Waals surface area contributed by atoms with Gasteiger partial charge in [-0.1, -0.05) is 0 Å². The number of nitrogens with zero attached hydrogens (tertiary/aromatic N) is 3. The Labute approximate surface area is 191 Å². The highest BCUT2D eigenvalue weighted by atomic mass is 16.6. The Hall–Kier alpha value is -3.72. The van der Waals surface area contributed by atoms with Crippen LogP contribution < -0.4 is 4.74 Å². The Morgan fingerprint density at radius 1 is 1.21 bits per heavy atom. The Balaban J connectivity index is 1.81. The van der Waals surface area contributed by atoms with Crippen molar-refractivity contribution in [2.45, 2.75) is 25.5 Å². The number of ether oxygens (including phenoxy) is 1. The number of benzene rings is 2. The molecule has 9 heteroatoms. The van der Waals surface area contributed by atoms with E-state index in [1.807, 2.05) is 25.9 Å². The molecule has 1 fully saturated rings. The van der Waals surface area contributed by atoms with Crippen LogP contribution in [0.1, 0.15) is 29.7 Å². The number of non-ortho nitro benzene ring substituents is 1. The molecule has 33 heavy (non-hydrogen) atoms. The molecule has 2 atom stereocenters. The lowest BCUT2D eigenvalue weighted by molar-refractivity contribution is -0.384. The molecule has 172 valence electrons. The van der Waals surface area contributed by atoms with Crippen molar-refractivity contribution in [3.8, 4) is 5.75 Å². The quantitative estimate of drug-likeness (QED) is 0.236. The fourth-order valence-electron chi connectivity index (χ4n) is 4.27. The van der Waals surface area contributed by atoms with Crippen LogP contribution in [0.3, 0.4) is 0 Å². The van der Waals surface area contributed by atoms with Crippen LogP contribution in [-0.2, 0) is 16.0 Å². The van der Waals surface area contributed by atoms with Crippen molar-refractivity contribution < 1.29 is 24.4 Å². The number of likely N-dealkylation sites (N-methyl/N-ethyl adjacent to an activating group) is 1. The van der Waals surface area contributed by atoms with Crippen LogP contribution in [-0.4, -0.2) is 64.8 Å². The van der Waals surface area contributed by atoms with Gasteiger partial charge in [0, 0.05) is 37.2 Å². The number of fused-ring (bicyclic) bond motifs is 1. The smallest absolute Gasteiger partial charge is 0.295 e. The third-order valence-electron chi connectivity index (χ3n) is 5.92. The maximum Gasteiger partial charge on any atom is 0.295 e. The molecule has 2 aliphatic heterocycles. The van der Waals surface area contributed by atoms with Crippen LogP contribution >= 0.6 is 0 Å². The number of hydrogen-bond donors (Lipinski definition) is 1. The number of carbonyl (C=O) groups excluding carboxylic acids is 2. The minimum absolute atomic E-state index is 0.0223. The highest BCUT2D eigenvalue weighted by Gasteiger charge is 2.46. The number of rotatable bonds is 6. The van der Waals surface area contributed by atoms with E-state index >= 15 is 0 Å². The molecule has 9 nitrogen and oxygen atoms in total. The summed E-state index contributed by atoms with van der Waals surface area (Å²) in [5.74, 6) is -1.02. The second-order valence-electron chi connectivity index (χ2n) is 8.60. The van der Waals surface area contributed by atoms with E-state index in [9.17, 15) is 24.8 Å². The van der Waals surface area contributed by atoms with Gasteiger partial charge in [0.1, 0.15) is 17.6 Å². The predicted molar refractivity (Wildman–Crippen MR) is 121 cm³/mol. The van der Waals surface area contributed by atoms with E-state index in [1.54, 1.807) is 18.2 Å². The van der Waals surface area contributed by atoms with Gasteiger partial charge < -0.3 is 19.6 Å². The molecule has 0 radical (unpaired) electrons. The van der Waals surface area contributed by atoms with E-state index in [4.69, 9.17) is 4.74 Å². The third kappa shape index (κ3) is 4.19. The van der Waals surface area contributed by atoms with E-state index in [1.165, 1.54) is 29.2 Å². The second kappa shape index (κ2) is 8.67. The molecule has 0 aliphatic carbocycles. The van der Waals surface area contributed by atoms with Crippen LogP contribution in [0.4, 0.5) is 5.69 Å². The third-order valence-corrected chi connectivity index (χ3v) is 5.92. The fourth-order valence-corrected chi connectivity index (χ4v) is 4.27. The molecular weight excluding hydrogens is 426 g/mol. The van der Waals surface area contributed by atoms with Gasteiger partial charge in [0.2, 0.25) is 0 Å². The Kier molecular flexibility index (Phi) is 5.90. The van der Waals surface area contributed by atoms with E-state index in [0.29, 0.717) is 24.1 Å². The monoisotopic (exact) mass is 451 g/mol. The molecule has 2 unspecified atom stereocenters. The summed E-state index contributed by atoms with van der Waals surface area (Å²) in [6.45, 7) is 2.71. The summed E-state index contributed by atoms with van der Waals surface area (Å²) in [5.41, 5.74) is 1.72. The number of hydrogen-bond acceptors (Lipinski definition) is 7. The zero-order valence-corrected chi connectivity index (χ0v) is 18.6. The van der Waals surface area contributed by atoms with E-state index in [2.05, 4.69) is 0 Å². The molecule has 1 saturated heterocycles. The Bertz CT molecular complexity index is 1160. The predicted octanol–water partition coefficient (Wildman–Crippen LogP) is 2.90. The molecule has 0 spiro atoms. The second-order valence-corrected chi connectivity index (χ2v) is 8.60. The summed E-state index contributed by atoms with van der Waals surface area (Å²) in [6.07, 6.45) is 0.702. The van der Waals surface area contributed by atoms with Gasteiger partial charge in [-0.25, -0.2) is 0 Å². The SMILES string of the molecule is CC1Cc2cc(/C(O)=C3\C(=O)C(=O)N(CCN(C)C)C3c3ccc([N+](=O)[O-])cc3)ccc2O1. The first-order valence-electron chi connectivity index (χ1n) is 10.6. The molecule has 4 rings (SSSR count). The van der Waals surface area contributed by atoms with Gasteiger partial charge >= 0.3 is 0 Å². The Morgan fingerprint density at radius 3 is 2.55 bits per heavy atom. The first kappa shape index (κ1) is 22.5. The van der Waals surface area contributed by atoms with Crippen molar-refractivity contribution in [2.75, 3.05) is 27.2 Å². The summed E-state index contributed by atoms with van der Waals surface area (Å²) in [5, 5.41) is 22.3. The zero-order valence-electron chi connectivity index (χ0n) is 18.6. The van der Waals surface area contributed by atoms with Crippen LogP contribution in [0.2, 0.25) is 0 Å². The standard InChI is InChI=1S/C24H25N3O6/c1-14-12-17-13-16(6-9-19(17)33-14)22(28)20-21(15-4-7-18(8-5-15)27(31)32)26(11-10-25(2)3)24(30)23(20)29/h4-9,13-14,21,28H,10-12H2,1-3H3/b22-20+. The maximum atomic E-state index is 13.1. The average Bonchev–Trinajstić information content (AvgIpc) is 3.27. The first-order valence-corrected chi connectivity index (χ1v) is 10.6. The molecule has 2 heterocycles. The van der Waals surface area contributed by atoms with Gasteiger partial charge in [-0.15, -0.1) is 0 Å². The van der Waals surface area contributed by atoms with E-state index < -0.39 is 22.7 Å². The lowest BCUT2D eigenvalue weighted by Gasteiger charge is -2.26. The fraction of sp³-hybridized carbons (Fsp3) is 0.333. The number of aliphatic hydroxyl groups excluding tert-OH is 1. The van der Waals surface area contributed by atoms with Gasteiger partial charge in [-0.2, -0.15) is 0 Å². The molecule has 2 aliphatic rings. The molecule has 1 amide bonds. The summed E-state index contributed by atoms with van der Waals surface area (Å²) >= 11 is 0. The maximum absolute atomic E-state index is 13.1. The molecule has 0 bridgehead atoms. The van der Waals surface area contributed by atoms with Crippen LogP contribution in [0.25, 0.3) is 5.76 Å². The van der Waals surface area contributed by atoms with E-state index in [0.717, 1.165) is 11.3 Å². The molecule has 0 saturated carbocycles. The molecular formula is C24H25N3O6. The van der Waals surface area contributed by atoms with Gasteiger partial charge in [-0.05, 0) is 62.5 Å². The van der Waals surface area contributed by atoms with Crippen LogP contribution in [0, 0.1) is 10.1 Å². The number of nitro groups is 1. The van der Waals surface area contributed by atoms with Gasteiger partial charge in [0.05, 0.1) is 16.5 Å². The van der Waals surface area contributed by atoms with Crippen molar-refractivity contribution >= 4 is 23.1 Å². The minimum Gasteiger partial charge on any atom is -0.507 e. The van der Waals surface area contributed by atoms with Crippen molar-refractivity contribution in [3.05, 3.63) is 74.8 Å². The highest BCUT2D eigenvalue weighted by molar-refractivity contribution is 6.46. The van der Waals surface area contributed by atoms with Crippen molar-refractivity contribution in [1.29, 1.82) is 0 Å². The number of ketones is 1. The summed E-state index contributed by atoms with van der Waals surface area (Å²) in [6, 6.07) is 10.0. The van der Waals surface area contributed by atoms with E-state index in [-0.39, 0.29) is 29.7 Å². The normalized spacial score (nSPS) is 21.4. The number of likely N-dealkylation sites (tertiary alicyclic amines) is 1. The largest absolute Gasteiger partial charge is 0.507 e. The topological polar surface area (TPSA) is 113 Å². The first-order chi connectivity index (χ1) is 15.7. The minimum atomic E-state index is -0.853. The van der Waals surface area contributed by atoms with Gasteiger partial charge in [0.25, 0.3) is 17.4 Å². The molecule has 1 N–H and O–H groups in total. The van der Waals surface area contributed by atoms with Crippen LogP contribution in [0.5, 0.6) is 5.75 Å². The molecule has 2 aromatic rings. The average molecular weight is 451 g/mol. The summed E-state index contributed by atoms with van der Waals surface area (Å²) < 4.78 is 5.71. The summed E-state index contributed by atoms with van der Waals surface area (Å²) in [4.78, 5) is 39.9. The lowest BCUT2D eigenvalue weighted by atomic mass is 9.94. The number of nitro benzene ring substituents is 1.